The SMILES string of the molecule is CCOC(=O)C(O)(CC1=CC=CC=CC1)C(=O)OCC. The molecule has 0 aromatic rings. The van der Waals surface area contributed by atoms with Gasteiger partial charge in [0.05, 0.1) is 13.2 Å². The molecule has 0 aromatic heterocycles. The second kappa shape index (κ2) is 7.65. The molecule has 0 saturated carbocycles. The number of esters is 2. The van der Waals surface area contributed by atoms with Crippen LogP contribution in [0.15, 0.2) is 36.0 Å². The van der Waals surface area contributed by atoms with E-state index in [0.29, 0.717) is 6.42 Å². The molecule has 110 valence electrons. The minimum absolute atomic E-state index is 0.0827. The minimum atomic E-state index is -2.29. The maximum Gasteiger partial charge on any atom is 0.350 e. The summed E-state index contributed by atoms with van der Waals surface area (Å²) in [6, 6.07) is 0. The van der Waals surface area contributed by atoms with Crippen LogP contribution in [0.3, 0.4) is 0 Å². The molecule has 0 atom stereocenters. The maximum atomic E-state index is 11.9. The predicted octanol–water partition coefficient (Wildman–Crippen LogP) is 1.68. The van der Waals surface area contributed by atoms with Gasteiger partial charge in [0, 0.05) is 6.42 Å². The Hall–Kier alpha value is -1.88. The van der Waals surface area contributed by atoms with Crippen LogP contribution >= 0.6 is 0 Å². The average Bonchev–Trinajstić information content (AvgIpc) is 2.67. The van der Waals surface area contributed by atoms with Crippen LogP contribution in [-0.4, -0.2) is 35.9 Å². The molecule has 5 heteroatoms. The van der Waals surface area contributed by atoms with Crippen molar-refractivity contribution < 1.29 is 24.2 Å². The zero-order valence-corrected chi connectivity index (χ0v) is 11.8. The molecule has 20 heavy (non-hydrogen) atoms. The topological polar surface area (TPSA) is 72.8 Å². The second-order valence-electron chi connectivity index (χ2n) is 4.32. The third kappa shape index (κ3) is 4.06. The van der Waals surface area contributed by atoms with Crippen molar-refractivity contribution in [3.8, 4) is 0 Å². The molecule has 0 radical (unpaired) electrons. The Kier molecular flexibility index (Phi) is 6.18. The van der Waals surface area contributed by atoms with E-state index in [1.165, 1.54) is 0 Å². The number of carbonyl (C=O) groups excluding carboxylic acids is 2. The van der Waals surface area contributed by atoms with Gasteiger partial charge in [0.1, 0.15) is 0 Å². The highest BCUT2D eigenvalue weighted by Crippen LogP contribution is 2.24. The highest BCUT2D eigenvalue weighted by molar-refractivity contribution is 6.03. The number of aliphatic hydroxyl groups is 1. The normalized spacial score (nSPS) is 14.4. The summed E-state index contributed by atoms with van der Waals surface area (Å²) in [4.78, 5) is 23.8. The Bertz CT molecular complexity index is 427. The van der Waals surface area contributed by atoms with Gasteiger partial charge in [-0.3, -0.25) is 0 Å². The van der Waals surface area contributed by atoms with Gasteiger partial charge in [-0.15, -0.1) is 0 Å². The van der Waals surface area contributed by atoms with Crippen molar-refractivity contribution in [1.29, 1.82) is 0 Å². The van der Waals surface area contributed by atoms with Gasteiger partial charge in [0.2, 0.25) is 0 Å². The van der Waals surface area contributed by atoms with Gasteiger partial charge in [-0.25, -0.2) is 9.59 Å². The molecule has 0 saturated heterocycles. The fourth-order valence-corrected chi connectivity index (χ4v) is 1.81. The lowest BCUT2D eigenvalue weighted by atomic mass is 9.92. The molecule has 1 N–H and O–H groups in total. The lowest BCUT2D eigenvalue weighted by molar-refractivity contribution is -0.183. The number of hydrogen-bond acceptors (Lipinski definition) is 5. The van der Waals surface area contributed by atoms with Crippen molar-refractivity contribution >= 4 is 11.9 Å². The Labute approximate surface area is 118 Å². The standard InChI is InChI=1S/C15H20O5/c1-3-19-13(16)15(18,14(17)20-4-2)11-12-9-7-5-6-8-10-12/h5-9,18H,3-4,10-11H2,1-2H3. The molecule has 0 fully saturated rings. The Balaban J connectivity index is 2.95. The quantitative estimate of drug-likeness (QED) is 0.592. The van der Waals surface area contributed by atoms with E-state index in [1.807, 2.05) is 18.2 Å². The Morgan fingerprint density at radius 3 is 2.30 bits per heavy atom. The van der Waals surface area contributed by atoms with E-state index in [4.69, 9.17) is 9.47 Å². The molecule has 0 heterocycles. The first-order valence-corrected chi connectivity index (χ1v) is 6.62. The molecule has 0 spiro atoms. The third-order valence-electron chi connectivity index (χ3n) is 2.78. The first-order valence-electron chi connectivity index (χ1n) is 6.62. The molecule has 0 bridgehead atoms. The third-order valence-corrected chi connectivity index (χ3v) is 2.78. The van der Waals surface area contributed by atoms with E-state index in [2.05, 4.69) is 0 Å². The molecular formula is C15H20O5. The van der Waals surface area contributed by atoms with E-state index in [1.54, 1.807) is 26.0 Å². The van der Waals surface area contributed by atoms with Crippen molar-refractivity contribution in [1.82, 2.24) is 0 Å². The summed E-state index contributed by atoms with van der Waals surface area (Å²) < 4.78 is 9.59. The fourth-order valence-electron chi connectivity index (χ4n) is 1.81. The number of ether oxygens (including phenoxy) is 2. The van der Waals surface area contributed by atoms with E-state index < -0.39 is 17.5 Å². The average molecular weight is 280 g/mol. The molecular weight excluding hydrogens is 260 g/mol. The van der Waals surface area contributed by atoms with Gasteiger partial charge in [-0.05, 0) is 20.3 Å². The van der Waals surface area contributed by atoms with E-state index in [-0.39, 0.29) is 19.6 Å². The molecule has 0 unspecified atom stereocenters. The summed E-state index contributed by atoms with van der Waals surface area (Å²) in [6.07, 6.45) is 9.54. The van der Waals surface area contributed by atoms with Gasteiger partial charge in [-0.1, -0.05) is 36.0 Å². The van der Waals surface area contributed by atoms with E-state index in [9.17, 15) is 14.7 Å². The highest BCUT2D eigenvalue weighted by atomic mass is 16.6. The first-order chi connectivity index (χ1) is 9.54. The van der Waals surface area contributed by atoms with Crippen LogP contribution in [0.5, 0.6) is 0 Å². The van der Waals surface area contributed by atoms with Crippen LogP contribution in [0.1, 0.15) is 26.7 Å². The van der Waals surface area contributed by atoms with Crippen molar-refractivity contribution in [2.75, 3.05) is 13.2 Å². The summed E-state index contributed by atoms with van der Waals surface area (Å²) in [5.41, 5.74) is -1.54. The van der Waals surface area contributed by atoms with Gasteiger partial charge in [0.25, 0.3) is 5.60 Å². The maximum absolute atomic E-state index is 11.9. The first kappa shape index (κ1) is 16.2. The second-order valence-corrected chi connectivity index (χ2v) is 4.32. The summed E-state index contributed by atoms with van der Waals surface area (Å²) in [5, 5.41) is 10.4. The van der Waals surface area contributed by atoms with Gasteiger partial charge < -0.3 is 14.6 Å². The van der Waals surface area contributed by atoms with Crippen molar-refractivity contribution in [3.05, 3.63) is 36.0 Å². The monoisotopic (exact) mass is 280 g/mol. The lowest BCUT2D eigenvalue weighted by Gasteiger charge is -2.24. The molecule has 5 nitrogen and oxygen atoms in total. The summed E-state index contributed by atoms with van der Waals surface area (Å²) in [7, 11) is 0. The summed E-state index contributed by atoms with van der Waals surface area (Å²) in [5.74, 6) is -1.95. The van der Waals surface area contributed by atoms with Gasteiger partial charge >= 0.3 is 11.9 Å². The largest absolute Gasteiger partial charge is 0.463 e. The fraction of sp³-hybridized carbons (Fsp3) is 0.467. The molecule has 0 amide bonds. The van der Waals surface area contributed by atoms with E-state index >= 15 is 0 Å². The molecule has 0 aliphatic heterocycles. The van der Waals surface area contributed by atoms with Crippen LogP contribution < -0.4 is 0 Å². The smallest absolute Gasteiger partial charge is 0.350 e. The Morgan fingerprint density at radius 2 is 1.75 bits per heavy atom. The van der Waals surface area contributed by atoms with Crippen molar-refractivity contribution in [2.45, 2.75) is 32.3 Å². The van der Waals surface area contributed by atoms with Crippen LogP contribution in [0.25, 0.3) is 0 Å². The minimum Gasteiger partial charge on any atom is -0.463 e. The molecule has 1 rings (SSSR count). The number of hydrogen-bond donors (Lipinski definition) is 1. The highest BCUT2D eigenvalue weighted by Gasteiger charge is 2.47. The number of carbonyl (C=O) groups is 2. The number of rotatable bonds is 6. The van der Waals surface area contributed by atoms with Crippen LogP contribution in [0.2, 0.25) is 0 Å². The molecule has 0 aromatic carbocycles. The van der Waals surface area contributed by atoms with Crippen LogP contribution in [0, 0.1) is 0 Å². The van der Waals surface area contributed by atoms with Crippen molar-refractivity contribution in [3.63, 3.8) is 0 Å². The zero-order valence-electron chi connectivity index (χ0n) is 11.8. The molecule has 1 aliphatic carbocycles. The van der Waals surface area contributed by atoms with Crippen LogP contribution in [0.4, 0.5) is 0 Å². The predicted molar refractivity (Wildman–Crippen MR) is 73.8 cm³/mol. The molecule has 1 aliphatic rings. The van der Waals surface area contributed by atoms with Crippen LogP contribution in [-0.2, 0) is 19.1 Å². The van der Waals surface area contributed by atoms with E-state index in [0.717, 1.165) is 5.57 Å². The summed E-state index contributed by atoms with van der Waals surface area (Å²) >= 11 is 0. The van der Waals surface area contributed by atoms with Gasteiger partial charge in [0.15, 0.2) is 0 Å². The lowest BCUT2D eigenvalue weighted by Crippen LogP contribution is -2.49. The van der Waals surface area contributed by atoms with Crippen molar-refractivity contribution in [2.24, 2.45) is 0 Å². The zero-order chi connectivity index (χ0) is 15.0. The van der Waals surface area contributed by atoms with Gasteiger partial charge in [-0.2, -0.15) is 0 Å². The summed E-state index contributed by atoms with van der Waals surface area (Å²) in [6.45, 7) is 3.39. The Morgan fingerprint density at radius 1 is 1.15 bits per heavy atom. The number of allylic oxidation sites excluding steroid dienone is 5.